The summed E-state index contributed by atoms with van der Waals surface area (Å²) in [5.74, 6) is -0.234. The fourth-order valence-electron chi connectivity index (χ4n) is 1.22. The summed E-state index contributed by atoms with van der Waals surface area (Å²) in [6, 6.07) is 7.63. The van der Waals surface area contributed by atoms with E-state index in [1.807, 2.05) is 0 Å². The summed E-state index contributed by atoms with van der Waals surface area (Å²) < 4.78 is 5.11. The fourth-order valence-corrected chi connectivity index (χ4v) is 2.21. The Morgan fingerprint density at radius 2 is 1.94 bits per heavy atom. The van der Waals surface area contributed by atoms with Crippen LogP contribution in [0, 0.1) is 0 Å². The molecule has 2 aromatic rings. The van der Waals surface area contributed by atoms with Gasteiger partial charge < -0.3 is 4.74 Å². The van der Waals surface area contributed by atoms with E-state index in [0.717, 1.165) is 11.3 Å². The molecule has 0 saturated heterocycles. The number of aldehydes is 1. The summed E-state index contributed by atoms with van der Waals surface area (Å²) in [6.07, 6.45) is 0.681. The predicted octanol–water partition coefficient (Wildman–Crippen LogP) is 4.09. The molecular formula is C12H6Cl2O3S. The van der Waals surface area contributed by atoms with E-state index in [1.165, 1.54) is 18.2 Å². The minimum absolute atomic E-state index is 0.301. The number of hydrogen-bond acceptors (Lipinski definition) is 4. The summed E-state index contributed by atoms with van der Waals surface area (Å²) >= 11 is 12.6. The van der Waals surface area contributed by atoms with Crippen molar-refractivity contribution in [2.24, 2.45) is 0 Å². The van der Waals surface area contributed by atoms with E-state index in [2.05, 4.69) is 0 Å². The topological polar surface area (TPSA) is 43.4 Å². The van der Waals surface area contributed by atoms with E-state index in [0.29, 0.717) is 31.8 Å². The lowest BCUT2D eigenvalue weighted by Crippen LogP contribution is -2.06. The third-order valence-corrected chi connectivity index (χ3v) is 3.78. The van der Waals surface area contributed by atoms with Gasteiger partial charge in [0, 0.05) is 6.07 Å². The van der Waals surface area contributed by atoms with E-state index in [9.17, 15) is 9.59 Å². The van der Waals surface area contributed by atoms with Gasteiger partial charge in [0.15, 0.2) is 6.29 Å². The molecule has 0 spiro atoms. The molecule has 18 heavy (non-hydrogen) atoms. The van der Waals surface area contributed by atoms with Crippen LogP contribution in [0.25, 0.3) is 0 Å². The first-order valence-corrected chi connectivity index (χ1v) is 6.39. The highest BCUT2D eigenvalue weighted by Gasteiger charge is 2.12. The lowest BCUT2D eigenvalue weighted by atomic mass is 10.3. The van der Waals surface area contributed by atoms with Gasteiger partial charge in [-0.05, 0) is 24.3 Å². The maximum absolute atomic E-state index is 11.7. The van der Waals surface area contributed by atoms with Gasteiger partial charge in [-0.3, -0.25) is 4.79 Å². The zero-order chi connectivity index (χ0) is 13.1. The van der Waals surface area contributed by atoms with Crippen LogP contribution in [0.4, 0.5) is 0 Å². The van der Waals surface area contributed by atoms with E-state index < -0.39 is 5.97 Å². The minimum Gasteiger partial charge on any atom is -0.422 e. The summed E-state index contributed by atoms with van der Waals surface area (Å²) in [5.41, 5.74) is 0. The molecule has 3 nitrogen and oxygen atoms in total. The van der Waals surface area contributed by atoms with Crippen molar-refractivity contribution in [1.29, 1.82) is 0 Å². The largest absolute Gasteiger partial charge is 0.422 e. The molecule has 92 valence electrons. The smallest absolute Gasteiger partial charge is 0.353 e. The Morgan fingerprint density at radius 3 is 2.56 bits per heavy atom. The minimum atomic E-state index is -0.536. The van der Waals surface area contributed by atoms with Crippen LogP contribution in [0.2, 0.25) is 10.0 Å². The molecule has 1 heterocycles. The van der Waals surface area contributed by atoms with Gasteiger partial charge in [-0.1, -0.05) is 23.2 Å². The lowest BCUT2D eigenvalue weighted by Gasteiger charge is -2.03. The maximum Gasteiger partial charge on any atom is 0.353 e. The summed E-state index contributed by atoms with van der Waals surface area (Å²) in [7, 11) is 0. The van der Waals surface area contributed by atoms with E-state index in [-0.39, 0.29) is 0 Å². The molecule has 1 aromatic carbocycles. The number of carbonyl (C=O) groups is 2. The molecule has 2 rings (SSSR count). The zero-order valence-electron chi connectivity index (χ0n) is 8.85. The highest BCUT2D eigenvalue weighted by Crippen LogP contribution is 2.27. The van der Waals surface area contributed by atoms with Crippen LogP contribution in [0.5, 0.6) is 5.75 Å². The van der Waals surface area contributed by atoms with Gasteiger partial charge in [0.05, 0.1) is 14.9 Å². The molecule has 1 aromatic heterocycles. The number of benzene rings is 1. The monoisotopic (exact) mass is 300 g/mol. The fraction of sp³-hybridized carbons (Fsp3) is 0. The molecule has 0 amide bonds. The third kappa shape index (κ3) is 2.90. The molecule has 0 aliphatic heterocycles. The highest BCUT2D eigenvalue weighted by atomic mass is 35.5. The number of halogens is 2. The van der Waals surface area contributed by atoms with Gasteiger partial charge in [-0.15, -0.1) is 11.3 Å². The summed E-state index contributed by atoms with van der Waals surface area (Å²) in [5, 5.41) is 0.692. The van der Waals surface area contributed by atoms with Crippen LogP contribution in [-0.4, -0.2) is 12.3 Å². The second-order valence-electron chi connectivity index (χ2n) is 3.29. The van der Waals surface area contributed by atoms with Crippen molar-refractivity contribution >= 4 is 46.8 Å². The van der Waals surface area contributed by atoms with Gasteiger partial charge >= 0.3 is 5.97 Å². The number of esters is 1. The zero-order valence-corrected chi connectivity index (χ0v) is 11.2. The standard InChI is InChI=1S/C12H6Cl2O3S/c13-9-3-1-7(5-10(9)14)17-12(16)11-4-2-8(6-15)18-11/h1-6H. The van der Waals surface area contributed by atoms with Crippen molar-refractivity contribution in [2.45, 2.75) is 0 Å². The molecular weight excluding hydrogens is 295 g/mol. The average Bonchev–Trinajstić information content (AvgIpc) is 2.82. The summed E-state index contributed by atoms with van der Waals surface area (Å²) in [6.45, 7) is 0. The second-order valence-corrected chi connectivity index (χ2v) is 5.22. The van der Waals surface area contributed by atoms with Crippen LogP contribution in [-0.2, 0) is 0 Å². The molecule has 0 unspecified atom stereocenters. The third-order valence-electron chi connectivity index (χ3n) is 2.05. The Kier molecular flexibility index (Phi) is 4.01. The first kappa shape index (κ1) is 13.1. The van der Waals surface area contributed by atoms with E-state index >= 15 is 0 Å². The van der Waals surface area contributed by atoms with Crippen molar-refractivity contribution in [3.05, 3.63) is 50.1 Å². The van der Waals surface area contributed by atoms with E-state index in [1.54, 1.807) is 12.1 Å². The maximum atomic E-state index is 11.7. The number of thiophene rings is 1. The lowest BCUT2D eigenvalue weighted by molar-refractivity contribution is 0.0740. The number of carbonyl (C=O) groups excluding carboxylic acids is 2. The highest BCUT2D eigenvalue weighted by molar-refractivity contribution is 7.15. The Morgan fingerprint density at radius 1 is 1.17 bits per heavy atom. The molecule has 0 N–H and O–H groups in total. The van der Waals surface area contributed by atoms with E-state index in [4.69, 9.17) is 27.9 Å². The van der Waals surface area contributed by atoms with Crippen LogP contribution in [0.3, 0.4) is 0 Å². The van der Waals surface area contributed by atoms with Crippen LogP contribution in [0.1, 0.15) is 19.3 Å². The van der Waals surface area contributed by atoms with Crippen molar-refractivity contribution in [1.82, 2.24) is 0 Å². The Bertz CT molecular complexity index is 607. The molecule has 0 radical (unpaired) electrons. The summed E-state index contributed by atoms with van der Waals surface area (Å²) in [4.78, 5) is 23.1. The Labute approximate surface area is 117 Å². The molecule has 0 bridgehead atoms. The Hall–Kier alpha value is -1.36. The first-order valence-electron chi connectivity index (χ1n) is 4.82. The van der Waals surface area contributed by atoms with Gasteiger partial charge in [0.2, 0.25) is 0 Å². The van der Waals surface area contributed by atoms with Crippen LogP contribution < -0.4 is 4.74 Å². The first-order chi connectivity index (χ1) is 8.60. The van der Waals surface area contributed by atoms with Crippen molar-refractivity contribution in [3.8, 4) is 5.75 Å². The molecule has 6 heteroatoms. The second kappa shape index (κ2) is 5.52. The number of ether oxygens (including phenoxy) is 1. The van der Waals surface area contributed by atoms with Crippen molar-refractivity contribution in [3.63, 3.8) is 0 Å². The molecule has 0 saturated carbocycles. The van der Waals surface area contributed by atoms with Gasteiger partial charge in [-0.2, -0.15) is 0 Å². The van der Waals surface area contributed by atoms with Crippen molar-refractivity contribution < 1.29 is 14.3 Å². The quantitative estimate of drug-likeness (QED) is 0.487. The van der Waals surface area contributed by atoms with Crippen molar-refractivity contribution in [2.75, 3.05) is 0 Å². The van der Waals surface area contributed by atoms with Gasteiger partial charge in [0.1, 0.15) is 10.6 Å². The number of rotatable bonds is 3. The molecule has 0 aliphatic rings. The van der Waals surface area contributed by atoms with Crippen LogP contribution >= 0.6 is 34.5 Å². The predicted molar refractivity (Wildman–Crippen MR) is 71.1 cm³/mol. The SMILES string of the molecule is O=Cc1ccc(C(=O)Oc2ccc(Cl)c(Cl)c2)s1. The van der Waals surface area contributed by atoms with Gasteiger partial charge in [-0.25, -0.2) is 4.79 Å². The molecule has 0 atom stereocenters. The number of hydrogen-bond donors (Lipinski definition) is 0. The average molecular weight is 301 g/mol. The van der Waals surface area contributed by atoms with Gasteiger partial charge in [0.25, 0.3) is 0 Å². The normalized spacial score (nSPS) is 10.1. The Balaban J connectivity index is 2.15. The molecule has 0 aliphatic carbocycles. The molecule has 0 fully saturated rings. The van der Waals surface area contributed by atoms with Crippen LogP contribution in [0.15, 0.2) is 30.3 Å².